The molecule has 3 aromatic rings. The van der Waals surface area contributed by atoms with Crippen LogP contribution < -0.4 is 20.3 Å². The van der Waals surface area contributed by atoms with Crippen LogP contribution in [-0.4, -0.2) is 36.3 Å². The lowest BCUT2D eigenvalue weighted by Gasteiger charge is -2.17. The number of para-hydroxylation sites is 1. The Morgan fingerprint density at radius 3 is 2.52 bits per heavy atom. The molecule has 0 atom stereocenters. The average molecular weight is 389 g/mol. The first-order valence-corrected chi connectivity index (χ1v) is 9.62. The van der Waals surface area contributed by atoms with Gasteiger partial charge >= 0.3 is 0 Å². The van der Waals surface area contributed by atoms with E-state index in [-0.39, 0.29) is 5.91 Å². The molecule has 1 aromatic heterocycles. The first-order valence-electron chi connectivity index (χ1n) is 9.62. The van der Waals surface area contributed by atoms with Gasteiger partial charge < -0.3 is 20.3 Å². The standard InChI is InChI=1S/C22H23N5O2/c1-29-20-7-3-2-6-19(20)22(28)25-17-10-8-16(9-11-17)24-21-14-18(15-23-26-21)27-12-4-5-13-27/h2-3,6-11,14-15H,4-5,12-13H2,1H3,(H,24,26)(H,25,28). The summed E-state index contributed by atoms with van der Waals surface area (Å²) < 4.78 is 5.25. The van der Waals surface area contributed by atoms with Crippen molar-refractivity contribution >= 4 is 28.8 Å². The molecular formula is C22H23N5O2. The maximum Gasteiger partial charge on any atom is 0.259 e. The number of aromatic nitrogens is 2. The molecule has 1 aliphatic rings. The molecule has 1 aliphatic heterocycles. The third-order valence-corrected chi connectivity index (χ3v) is 4.88. The van der Waals surface area contributed by atoms with Crippen molar-refractivity contribution in [2.45, 2.75) is 12.8 Å². The van der Waals surface area contributed by atoms with Crippen LogP contribution >= 0.6 is 0 Å². The van der Waals surface area contributed by atoms with E-state index < -0.39 is 0 Å². The summed E-state index contributed by atoms with van der Waals surface area (Å²) in [6.45, 7) is 2.12. The van der Waals surface area contributed by atoms with Crippen molar-refractivity contribution in [1.82, 2.24) is 10.2 Å². The van der Waals surface area contributed by atoms with Gasteiger partial charge in [0, 0.05) is 30.5 Å². The number of rotatable bonds is 6. The summed E-state index contributed by atoms with van der Waals surface area (Å²) >= 11 is 0. The highest BCUT2D eigenvalue weighted by atomic mass is 16.5. The van der Waals surface area contributed by atoms with E-state index in [0.717, 1.165) is 24.5 Å². The highest BCUT2D eigenvalue weighted by Gasteiger charge is 2.14. The molecule has 2 N–H and O–H groups in total. The molecule has 0 bridgehead atoms. The Balaban J connectivity index is 1.42. The minimum atomic E-state index is -0.215. The van der Waals surface area contributed by atoms with Crippen molar-refractivity contribution < 1.29 is 9.53 Å². The van der Waals surface area contributed by atoms with Gasteiger partial charge in [-0.3, -0.25) is 4.79 Å². The van der Waals surface area contributed by atoms with Crippen LogP contribution in [0.2, 0.25) is 0 Å². The first kappa shape index (κ1) is 18.7. The quantitative estimate of drug-likeness (QED) is 0.661. The fraction of sp³-hybridized carbons (Fsp3) is 0.227. The molecule has 0 spiro atoms. The third-order valence-electron chi connectivity index (χ3n) is 4.88. The molecular weight excluding hydrogens is 366 g/mol. The lowest BCUT2D eigenvalue weighted by molar-refractivity contribution is 0.102. The van der Waals surface area contributed by atoms with E-state index in [4.69, 9.17) is 4.74 Å². The molecule has 1 saturated heterocycles. The maximum atomic E-state index is 12.5. The second-order valence-electron chi connectivity index (χ2n) is 6.85. The fourth-order valence-corrected chi connectivity index (χ4v) is 3.38. The Labute approximate surface area is 169 Å². The Bertz CT molecular complexity index is 985. The summed E-state index contributed by atoms with van der Waals surface area (Å²) in [5.74, 6) is 1.02. The number of benzene rings is 2. The van der Waals surface area contributed by atoms with E-state index in [2.05, 4.69) is 25.7 Å². The number of nitrogens with zero attached hydrogens (tertiary/aromatic N) is 3. The second kappa shape index (κ2) is 8.60. The predicted octanol–water partition coefficient (Wildman–Crippen LogP) is 4.08. The number of carbonyl (C=O) groups is 1. The number of nitrogens with one attached hydrogen (secondary N) is 2. The van der Waals surface area contributed by atoms with E-state index >= 15 is 0 Å². The molecule has 2 aromatic carbocycles. The Morgan fingerprint density at radius 1 is 1.03 bits per heavy atom. The number of hydrogen-bond donors (Lipinski definition) is 2. The second-order valence-corrected chi connectivity index (χ2v) is 6.85. The van der Waals surface area contributed by atoms with Crippen LogP contribution in [-0.2, 0) is 0 Å². The van der Waals surface area contributed by atoms with Crippen LogP contribution in [0.15, 0.2) is 60.8 Å². The minimum absolute atomic E-state index is 0.215. The van der Waals surface area contributed by atoms with Gasteiger partial charge in [-0.05, 0) is 49.2 Å². The Morgan fingerprint density at radius 2 is 1.76 bits per heavy atom. The molecule has 1 fully saturated rings. The molecule has 7 heteroatoms. The monoisotopic (exact) mass is 389 g/mol. The number of amides is 1. The van der Waals surface area contributed by atoms with Gasteiger partial charge in [-0.1, -0.05) is 12.1 Å². The summed E-state index contributed by atoms with van der Waals surface area (Å²) in [7, 11) is 1.55. The summed E-state index contributed by atoms with van der Waals surface area (Å²) in [4.78, 5) is 14.8. The fourth-order valence-electron chi connectivity index (χ4n) is 3.38. The molecule has 1 amide bonds. The largest absolute Gasteiger partial charge is 0.496 e. The number of methoxy groups -OCH3 is 1. The van der Waals surface area contributed by atoms with E-state index in [1.54, 1.807) is 25.4 Å². The van der Waals surface area contributed by atoms with E-state index in [0.29, 0.717) is 22.8 Å². The lowest BCUT2D eigenvalue weighted by atomic mass is 10.2. The maximum absolute atomic E-state index is 12.5. The van der Waals surface area contributed by atoms with Crippen LogP contribution in [0.4, 0.5) is 22.9 Å². The molecule has 2 heterocycles. The summed E-state index contributed by atoms with van der Waals surface area (Å²) in [5.41, 5.74) is 3.14. The predicted molar refractivity (Wildman–Crippen MR) is 114 cm³/mol. The van der Waals surface area contributed by atoms with Crippen LogP contribution in [0.3, 0.4) is 0 Å². The van der Waals surface area contributed by atoms with Gasteiger partial charge in [0.05, 0.1) is 24.6 Å². The van der Waals surface area contributed by atoms with Crippen LogP contribution in [0, 0.1) is 0 Å². The molecule has 0 saturated carbocycles. The van der Waals surface area contributed by atoms with Gasteiger partial charge in [0.15, 0.2) is 5.82 Å². The van der Waals surface area contributed by atoms with E-state index in [1.165, 1.54) is 12.8 Å². The summed E-state index contributed by atoms with van der Waals surface area (Å²) in [6, 6.07) is 16.6. The van der Waals surface area contributed by atoms with Crippen molar-refractivity contribution in [3.8, 4) is 5.75 Å². The van der Waals surface area contributed by atoms with Gasteiger partial charge in [-0.25, -0.2) is 0 Å². The number of anilines is 4. The summed E-state index contributed by atoms with van der Waals surface area (Å²) in [6.07, 6.45) is 4.23. The van der Waals surface area contributed by atoms with E-state index in [9.17, 15) is 4.79 Å². The van der Waals surface area contributed by atoms with Gasteiger partial charge in [0.1, 0.15) is 5.75 Å². The molecule has 29 heavy (non-hydrogen) atoms. The molecule has 0 radical (unpaired) electrons. The summed E-state index contributed by atoms with van der Waals surface area (Å²) in [5, 5.41) is 14.4. The van der Waals surface area contributed by atoms with Crippen LogP contribution in [0.5, 0.6) is 5.75 Å². The molecule has 0 aliphatic carbocycles. The lowest BCUT2D eigenvalue weighted by Crippen LogP contribution is -2.18. The van der Waals surface area contributed by atoms with Crippen molar-refractivity contribution in [2.24, 2.45) is 0 Å². The Kier molecular flexibility index (Phi) is 5.56. The molecule has 0 unspecified atom stereocenters. The highest BCUT2D eigenvalue weighted by molar-refractivity contribution is 6.06. The van der Waals surface area contributed by atoms with Crippen LogP contribution in [0.25, 0.3) is 0 Å². The zero-order valence-electron chi connectivity index (χ0n) is 16.3. The third kappa shape index (κ3) is 4.45. The molecule has 148 valence electrons. The van der Waals surface area contributed by atoms with E-state index in [1.807, 2.05) is 42.5 Å². The van der Waals surface area contributed by atoms with Crippen LogP contribution in [0.1, 0.15) is 23.2 Å². The van der Waals surface area contributed by atoms with Gasteiger partial charge in [0.25, 0.3) is 5.91 Å². The van der Waals surface area contributed by atoms with Crippen molar-refractivity contribution in [1.29, 1.82) is 0 Å². The number of hydrogen-bond acceptors (Lipinski definition) is 6. The van der Waals surface area contributed by atoms with Gasteiger partial charge in [0.2, 0.25) is 0 Å². The minimum Gasteiger partial charge on any atom is -0.496 e. The molecule has 4 rings (SSSR count). The topological polar surface area (TPSA) is 79.4 Å². The SMILES string of the molecule is COc1ccccc1C(=O)Nc1ccc(Nc2cc(N3CCCC3)cnn2)cc1. The van der Waals surface area contributed by atoms with Gasteiger partial charge in [-0.2, -0.15) is 5.10 Å². The molecule has 7 nitrogen and oxygen atoms in total. The number of ether oxygens (including phenoxy) is 1. The van der Waals surface area contributed by atoms with Crippen molar-refractivity contribution in [2.75, 3.05) is 35.7 Å². The zero-order valence-corrected chi connectivity index (χ0v) is 16.3. The average Bonchev–Trinajstić information content (AvgIpc) is 3.30. The van der Waals surface area contributed by atoms with Crippen molar-refractivity contribution in [3.05, 3.63) is 66.4 Å². The Hall–Kier alpha value is -3.61. The van der Waals surface area contributed by atoms with Gasteiger partial charge in [-0.15, -0.1) is 5.10 Å². The first-order chi connectivity index (χ1) is 14.2. The smallest absolute Gasteiger partial charge is 0.259 e. The normalized spacial score (nSPS) is 13.2. The number of carbonyl (C=O) groups excluding carboxylic acids is 1. The highest BCUT2D eigenvalue weighted by Crippen LogP contribution is 2.24. The zero-order chi connectivity index (χ0) is 20.1. The van der Waals surface area contributed by atoms with Crippen molar-refractivity contribution in [3.63, 3.8) is 0 Å².